The summed E-state index contributed by atoms with van der Waals surface area (Å²) in [5.41, 5.74) is 0.539. The molecule has 2 aromatic rings. The molecular weight excluding hydrogens is 370 g/mol. The molecule has 1 amide bonds. The fourth-order valence-electron chi connectivity index (χ4n) is 2.46. The van der Waals surface area contributed by atoms with Gasteiger partial charge in [-0.1, -0.05) is 6.07 Å². The Morgan fingerprint density at radius 2 is 1.93 bits per heavy atom. The van der Waals surface area contributed by atoms with Gasteiger partial charge in [-0.3, -0.25) is 9.78 Å². The second kappa shape index (κ2) is 12.2. The van der Waals surface area contributed by atoms with E-state index in [1.54, 1.807) is 25.4 Å². The molecule has 2 rings (SSSR count). The van der Waals surface area contributed by atoms with E-state index in [4.69, 9.17) is 9.47 Å². The summed E-state index contributed by atoms with van der Waals surface area (Å²) in [6.45, 7) is 6.18. The van der Waals surface area contributed by atoms with Crippen molar-refractivity contribution >= 4 is 11.9 Å². The summed E-state index contributed by atoms with van der Waals surface area (Å²) in [6, 6.07) is 10.9. The number of amides is 1. The lowest BCUT2D eigenvalue weighted by Gasteiger charge is -2.15. The molecule has 1 aromatic carbocycles. The summed E-state index contributed by atoms with van der Waals surface area (Å²) in [4.78, 5) is 20.5. The van der Waals surface area contributed by atoms with Crippen LogP contribution in [0.3, 0.4) is 0 Å². The number of aliphatic imine (C=N–C) groups is 1. The second-order valence-corrected chi connectivity index (χ2v) is 6.25. The third kappa shape index (κ3) is 8.08. The summed E-state index contributed by atoms with van der Waals surface area (Å²) in [7, 11) is 1.63. The van der Waals surface area contributed by atoms with Gasteiger partial charge in [-0.25, -0.2) is 4.99 Å². The zero-order valence-electron chi connectivity index (χ0n) is 17.1. The first-order chi connectivity index (χ1) is 14.1. The van der Waals surface area contributed by atoms with Crippen molar-refractivity contribution in [1.29, 1.82) is 0 Å². The van der Waals surface area contributed by atoms with Crippen molar-refractivity contribution in [2.45, 2.75) is 20.0 Å². The highest BCUT2D eigenvalue weighted by molar-refractivity contribution is 5.93. The van der Waals surface area contributed by atoms with E-state index in [2.05, 4.69) is 25.9 Å². The van der Waals surface area contributed by atoms with Crippen molar-refractivity contribution < 1.29 is 14.3 Å². The van der Waals surface area contributed by atoms with Crippen molar-refractivity contribution in [3.8, 4) is 11.5 Å². The van der Waals surface area contributed by atoms with Gasteiger partial charge in [0.1, 0.15) is 17.6 Å². The summed E-state index contributed by atoms with van der Waals surface area (Å²) < 4.78 is 11.1. The number of carbonyl (C=O) groups is 1. The number of benzene rings is 1. The molecule has 8 heteroatoms. The smallest absolute Gasteiger partial charge is 0.252 e. The zero-order chi connectivity index (χ0) is 20.9. The monoisotopic (exact) mass is 399 g/mol. The molecule has 156 valence electrons. The number of methoxy groups -OCH3 is 1. The van der Waals surface area contributed by atoms with Crippen molar-refractivity contribution in [3.63, 3.8) is 0 Å². The number of carbonyl (C=O) groups excluding carboxylic acids is 1. The van der Waals surface area contributed by atoms with Crippen molar-refractivity contribution in [1.82, 2.24) is 20.9 Å². The normalized spacial score (nSPS) is 12.0. The molecule has 0 aliphatic carbocycles. The molecule has 0 saturated carbocycles. The first kappa shape index (κ1) is 22.0. The van der Waals surface area contributed by atoms with Gasteiger partial charge in [-0.05, 0) is 38.1 Å². The van der Waals surface area contributed by atoms with Crippen LogP contribution in [0.25, 0.3) is 0 Å². The lowest BCUT2D eigenvalue weighted by molar-refractivity contribution is 0.0954. The maximum Gasteiger partial charge on any atom is 0.252 e. The Balaban J connectivity index is 1.77. The van der Waals surface area contributed by atoms with Gasteiger partial charge in [-0.2, -0.15) is 0 Å². The summed E-state index contributed by atoms with van der Waals surface area (Å²) >= 11 is 0. The standard InChI is InChI=1S/C21H29N5O3/c1-4-23-21(25-12-11-24-20(27)17-7-6-10-22-15-17)26-14-16(2)29-19-9-5-8-18(13-19)28-3/h5-10,13,15-16H,4,11-12,14H2,1-3H3,(H,24,27)(H2,23,25,26). The van der Waals surface area contributed by atoms with Gasteiger partial charge in [0.05, 0.1) is 19.2 Å². The van der Waals surface area contributed by atoms with Gasteiger partial charge in [-0.15, -0.1) is 0 Å². The van der Waals surface area contributed by atoms with Crippen LogP contribution in [-0.4, -0.2) is 56.2 Å². The van der Waals surface area contributed by atoms with E-state index >= 15 is 0 Å². The SMILES string of the molecule is CCNC(=NCC(C)Oc1cccc(OC)c1)NCCNC(=O)c1cccnc1. The first-order valence-electron chi connectivity index (χ1n) is 9.63. The average Bonchev–Trinajstić information content (AvgIpc) is 2.75. The molecular formula is C21H29N5O3. The lowest BCUT2D eigenvalue weighted by atomic mass is 10.3. The number of nitrogens with zero attached hydrogens (tertiary/aromatic N) is 2. The maximum atomic E-state index is 12.0. The number of guanidine groups is 1. The van der Waals surface area contributed by atoms with Gasteiger partial charge in [0, 0.05) is 38.1 Å². The Kier molecular flexibility index (Phi) is 9.28. The summed E-state index contributed by atoms with van der Waals surface area (Å²) in [5.74, 6) is 2.01. The van der Waals surface area contributed by atoms with Gasteiger partial charge in [0.25, 0.3) is 5.91 Å². The molecule has 1 atom stereocenters. The van der Waals surface area contributed by atoms with Crippen LogP contribution in [0.1, 0.15) is 24.2 Å². The number of nitrogens with one attached hydrogen (secondary N) is 3. The number of pyridine rings is 1. The van der Waals surface area contributed by atoms with Crippen molar-refractivity contribution in [3.05, 3.63) is 54.4 Å². The van der Waals surface area contributed by atoms with Crippen LogP contribution in [0.5, 0.6) is 11.5 Å². The summed E-state index contributed by atoms with van der Waals surface area (Å²) in [6.07, 6.45) is 3.07. The van der Waals surface area contributed by atoms with E-state index < -0.39 is 0 Å². The molecule has 0 aliphatic heterocycles. The van der Waals surface area contributed by atoms with E-state index in [1.807, 2.05) is 38.1 Å². The predicted octanol–water partition coefficient (Wildman–Crippen LogP) is 1.84. The third-order valence-corrected chi connectivity index (χ3v) is 3.86. The van der Waals surface area contributed by atoms with E-state index in [0.717, 1.165) is 18.0 Å². The molecule has 0 aliphatic rings. The Morgan fingerprint density at radius 1 is 1.14 bits per heavy atom. The molecule has 0 bridgehead atoms. The first-order valence-corrected chi connectivity index (χ1v) is 9.63. The van der Waals surface area contributed by atoms with Gasteiger partial charge < -0.3 is 25.4 Å². The molecule has 1 aromatic heterocycles. The Morgan fingerprint density at radius 3 is 2.66 bits per heavy atom. The number of rotatable bonds is 10. The number of hydrogen-bond acceptors (Lipinski definition) is 5. The highest BCUT2D eigenvalue weighted by atomic mass is 16.5. The summed E-state index contributed by atoms with van der Waals surface area (Å²) in [5, 5.41) is 9.22. The van der Waals surface area contributed by atoms with Crippen molar-refractivity contribution in [2.24, 2.45) is 4.99 Å². The Labute approximate surface area is 171 Å². The second-order valence-electron chi connectivity index (χ2n) is 6.25. The van der Waals surface area contributed by atoms with Crippen LogP contribution in [0, 0.1) is 0 Å². The number of aromatic nitrogens is 1. The molecule has 0 spiro atoms. The molecule has 0 saturated heterocycles. The molecule has 1 unspecified atom stereocenters. The quantitative estimate of drug-likeness (QED) is 0.320. The molecule has 0 fully saturated rings. The van der Waals surface area contributed by atoms with Crippen LogP contribution in [-0.2, 0) is 0 Å². The largest absolute Gasteiger partial charge is 0.497 e. The van der Waals surface area contributed by atoms with Crippen LogP contribution < -0.4 is 25.4 Å². The predicted molar refractivity (Wildman–Crippen MR) is 114 cm³/mol. The van der Waals surface area contributed by atoms with Crippen LogP contribution in [0.4, 0.5) is 0 Å². The fourth-order valence-corrected chi connectivity index (χ4v) is 2.46. The zero-order valence-corrected chi connectivity index (χ0v) is 17.1. The molecule has 8 nitrogen and oxygen atoms in total. The highest BCUT2D eigenvalue weighted by Crippen LogP contribution is 2.19. The number of ether oxygens (including phenoxy) is 2. The Hall–Kier alpha value is -3.29. The number of hydrogen-bond donors (Lipinski definition) is 3. The van der Waals surface area contributed by atoms with E-state index in [1.165, 1.54) is 6.20 Å². The van der Waals surface area contributed by atoms with Gasteiger partial charge in [0.2, 0.25) is 0 Å². The minimum atomic E-state index is -0.151. The maximum absolute atomic E-state index is 12.0. The van der Waals surface area contributed by atoms with Crippen LogP contribution >= 0.6 is 0 Å². The minimum absolute atomic E-state index is 0.108. The molecule has 0 radical (unpaired) electrons. The van der Waals surface area contributed by atoms with E-state index in [9.17, 15) is 4.79 Å². The van der Waals surface area contributed by atoms with Crippen LogP contribution in [0.2, 0.25) is 0 Å². The van der Waals surface area contributed by atoms with Gasteiger partial charge in [0.15, 0.2) is 5.96 Å². The average molecular weight is 399 g/mol. The third-order valence-electron chi connectivity index (χ3n) is 3.86. The minimum Gasteiger partial charge on any atom is -0.497 e. The van der Waals surface area contributed by atoms with E-state index in [0.29, 0.717) is 31.2 Å². The molecule has 3 N–H and O–H groups in total. The molecule has 1 heterocycles. The van der Waals surface area contributed by atoms with Gasteiger partial charge >= 0.3 is 0 Å². The Bertz CT molecular complexity index is 783. The van der Waals surface area contributed by atoms with E-state index in [-0.39, 0.29) is 12.0 Å². The van der Waals surface area contributed by atoms with Crippen LogP contribution in [0.15, 0.2) is 53.8 Å². The van der Waals surface area contributed by atoms with Crippen molar-refractivity contribution in [2.75, 3.05) is 33.3 Å². The topological polar surface area (TPSA) is 96.9 Å². The molecule has 29 heavy (non-hydrogen) atoms. The lowest BCUT2D eigenvalue weighted by Crippen LogP contribution is -2.42. The fraction of sp³-hybridized carbons (Fsp3) is 0.381. The highest BCUT2D eigenvalue weighted by Gasteiger charge is 2.07.